The van der Waals surface area contributed by atoms with Crippen LogP contribution >= 0.6 is 34.8 Å². The molecule has 3 nitrogen and oxygen atoms in total. The Labute approximate surface area is 127 Å². The Morgan fingerprint density at radius 3 is 2.58 bits per heavy atom. The lowest BCUT2D eigenvalue weighted by Crippen LogP contribution is -2.09. The molecule has 2 rings (SSSR count). The largest absolute Gasteiger partial charge is 0.310 e. The van der Waals surface area contributed by atoms with Crippen LogP contribution in [0.5, 0.6) is 0 Å². The smallest absolute Gasteiger partial charge is 0.165 e. The van der Waals surface area contributed by atoms with E-state index >= 15 is 0 Å². The van der Waals surface area contributed by atoms with Crippen molar-refractivity contribution in [1.82, 2.24) is 14.8 Å². The van der Waals surface area contributed by atoms with E-state index in [0.717, 1.165) is 17.9 Å². The van der Waals surface area contributed by atoms with Crippen molar-refractivity contribution in [2.75, 3.05) is 0 Å². The minimum Gasteiger partial charge on any atom is -0.310 e. The molecule has 0 fully saturated rings. The summed E-state index contributed by atoms with van der Waals surface area (Å²) in [7, 11) is 0. The molecule has 0 saturated heterocycles. The summed E-state index contributed by atoms with van der Waals surface area (Å²) >= 11 is 18.2. The number of halogens is 3. The molecule has 0 unspecified atom stereocenters. The first kappa shape index (κ1) is 14.6. The van der Waals surface area contributed by atoms with Crippen LogP contribution in [0.4, 0.5) is 0 Å². The monoisotopic (exact) mass is 317 g/mol. The molecule has 0 radical (unpaired) electrons. The minimum absolute atomic E-state index is 0.317. The molecule has 1 heterocycles. The second-order valence-electron chi connectivity index (χ2n) is 4.68. The molecule has 2 aromatic rings. The van der Waals surface area contributed by atoms with Crippen LogP contribution in [0.15, 0.2) is 18.2 Å². The number of alkyl halides is 1. The van der Waals surface area contributed by atoms with Gasteiger partial charge < -0.3 is 4.57 Å². The highest BCUT2D eigenvalue weighted by atomic mass is 35.5. The van der Waals surface area contributed by atoms with E-state index in [4.69, 9.17) is 34.8 Å². The van der Waals surface area contributed by atoms with Crippen molar-refractivity contribution in [3.05, 3.63) is 34.1 Å². The van der Waals surface area contributed by atoms with Gasteiger partial charge in [-0.2, -0.15) is 0 Å². The zero-order valence-corrected chi connectivity index (χ0v) is 13.0. The Kier molecular flexibility index (Phi) is 4.71. The lowest BCUT2D eigenvalue weighted by atomic mass is 10.2. The molecule has 1 aromatic heterocycles. The lowest BCUT2D eigenvalue weighted by molar-refractivity contribution is 0.515. The van der Waals surface area contributed by atoms with Crippen molar-refractivity contribution in [1.29, 1.82) is 0 Å². The van der Waals surface area contributed by atoms with Crippen molar-refractivity contribution in [3.8, 4) is 11.4 Å². The summed E-state index contributed by atoms with van der Waals surface area (Å²) in [5.41, 5.74) is 0.777. The van der Waals surface area contributed by atoms with Crippen LogP contribution in [0.25, 0.3) is 11.4 Å². The molecular formula is C13H14Cl3N3. The number of hydrogen-bond acceptors (Lipinski definition) is 2. The van der Waals surface area contributed by atoms with Gasteiger partial charge in [0.25, 0.3) is 0 Å². The first-order valence-electron chi connectivity index (χ1n) is 5.97. The molecule has 0 aliphatic carbocycles. The molecule has 6 heteroatoms. The Bertz CT molecular complexity index is 579. The standard InChI is InChI=1S/C13H14Cl3N3/c1-8(2)7-19-11(6-14)17-18-13(19)9-4-3-5-10(15)12(9)16/h3-5,8H,6-7H2,1-2H3. The van der Waals surface area contributed by atoms with E-state index in [2.05, 4.69) is 24.0 Å². The zero-order valence-electron chi connectivity index (χ0n) is 10.7. The molecule has 19 heavy (non-hydrogen) atoms. The van der Waals surface area contributed by atoms with E-state index < -0.39 is 0 Å². The third kappa shape index (κ3) is 3.04. The summed E-state index contributed by atoms with van der Waals surface area (Å²) < 4.78 is 2.00. The van der Waals surface area contributed by atoms with E-state index in [1.807, 2.05) is 16.7 Å². The van der Waals surface area contributed by atoms with Gasteiger partial charge in [0.15, 0.2) is 5.82 Å². The van der Waals surface area contributed by atoms with Crippen molar-refractivity contribution >= 4 is 34.8 Å². The Morgan fingerprint density at radius 2 is 1.95 bits per heavy atom. The quantitative estimate of drug-likeness (QED) is 0.768. The third-order valence-electron chi connectivity index (χ3n) is 2.69. The van der Waals surface area contributed by atoms with Crippen LogP contribution in [0.3, 0.4) is 0 Å². The molecule has 0 spiro atoms. The van der Waals surface area contributed by atoms with Crippen molar-refractivity contribution < 1.29 is 0 Å². The SMILES string of the molecule is CC(C)Cn1c(CCl)nnc1-c1cccc(Cl)c1Cl. The number of hydrogen-bond donors (Lipinski definition) is 0. The number of aromatic nitrogens is 3. The third-order valence-corrected chi connectivity index (χ3v) is 3.75. The fourth-order valence-electron chi connectivity index (χ4n) is 1.87. The van der Waals surface area contributed by atoms with E-state index in [1.165, 1.54) is 0 Å². The molecule has 0 N–H and O–H groups in total. The maximum atomic E-state index is 6.24. The van der Waals surface area contributed by atoms with Gasteiger partial charge in [0.1, 0.15) is 5.82 Å². The topological polar surface area (TPSA) is 30.7 Å². The van der Waals surface area contributed by atoms with Gasteiger partial charge in [0.05, 0.1) is 15.9 Å². The van der Waals surface area contributed by atoms with Crippen LogP contribution in [0, 0.1) is 5.92 Å². The summed E-state index contributed by atoms with van der Waals surface area (Å²) in [5, 5.41) is 9.31. The van der Waals surface area contributed by atoms with Gasteiger partial charge in [-0.3, -0.25) is 0 Å². The van der Waals surface area contributed by atoms with Crippen molar-refractivity contribution in [3.63, 3.8) is 0 Å². The molecule has 102 valence electrons. The molecule has 0 saturated carbocycles. The van der Waals surface area contributed by atoms with Crippen molar-refractivity contribution in [2.45, 2.75) is 26.3 Å². The van der Waals surface area contributed by atoms with Gasteiger partial charge in [-0.05, 0) is 18.1 Å². The number of benzene rings is 1. The summed E-state index contributed by atoms with van der Waals surface area (Å²) in [4.78, 5) is 0. The average molecular weight is 319 g/mol. The molecule has 0 bridgehead atoms. The Balaban J connectivity index is 2.55. The summed E-state index contributed by atoms with van der Waals surface area (Å²) in [5.74, 6) is 2.21. The van der Waals surface area contributed by atoms with Crippen LogP contribution in [0.2, 0.25) is 10.0 Å². The molecule has 0 aliphatic rings. The van der Waals surface area contributed by atoms with Crippen molar-refractivity contribution in [2.24, 2.45) is 5.92 Å². The van der Waals surface area contributed by atoms with E-state index in [-0.39, 0.29) is 0 Å². The highest BCUT2D eigenvalue weighted by molar-refractivity contribution is 6.43. The van der Waals surface area contributed by atoms with Gasteiger partial charge in [0, 0.05) is 12.1 Å². The van der Waals surface area contributed by atoms with Gasteiger partial charge in [0.2, 0.25) is 0 Å². The van der Waals surface area contributed by atoms with Crippen LogP contribution < -0.4 is 0 Å². The van der Waals surface area contributed by atoms with Crippen LogP contribution in [-0.4, -0.2) is 14.8 Å². The molecule has 0 amide bonds. The predicted molar refractivity (Wildman–Crippen MR) is 79.9 cm³/mol. The lowest BCUT2D eigenvalue weighted by Gasteiger charge is -2.12. The Morgan fingerprint density at radius 1 is 1.21 bits per heavy atom. The maximum Gasteiger partial charge on any atom is 0.165 e. The summed E-state index contributed by atoms with van der Waals surface area (Å²) in [6.07, 6.45) is 0. The van der Waals surface area contributed by atoms with Gasteiger partial charge in [-0.1, -0.05) is 43.1 Å². The predicted octanol–water partition coefficient (Wildman–Crippen LogP) is 4.65. The molecular weight excluding hydrogens is 305 g/mol. The fourth-order valence-corrected chi connectivity index (χ4v) is 2.45. The van der Waals surface area contributed by atoms with E-state index in [9.17, 15) is 0 Å². The maximum absolute atomic E-state index is 6.24. The summed E-state index contributed by atoms with van der Waals surface area (Å²) in [6.45, 7) is 5.04. The number of rotatable bonds is 4. The number of nitrogens with zero attached hydrogens (tertiary/aromatic N) is 3. The zero-order chi connectivity index (χ0) is 14.0. The molecule has 1 aromatic carbocycles. The van der Waals surface area contributed by atoms with Gasteiger partial charge in [-0.25, -0.2) is 0 Å². The van der Waals surface area contributed by atoms with Crippen LogP contribution in [0.1, 0.15) is 19.7 Å². The Hall–Kier alpha value is -0.770. The second kappa shape index (κ2) is 6.12. The highest BCUT2D eigenvalue weighted by Gasteiger charge is 2.17. The van der Waals surface area contributed by atoms with Gasteiger partial charge >= 0.3 is 0 Å². The second-order valence-corrected chi connectivity index (χ2v) is 5.73. The van der Waals surface area contributed by atoms with Gasteiger partial charge in [-0.15, -0.1) is 21.8 Å². The molecule has 0 aliphatic heterocycles. The first-order valence-corrected chi connectivity index (χ1v) is 7.26. The van der Waals surface area contributed by atoms with Crippen LogP contribution in [-0.2, 0) is 12.4 Å². The fraction of sp³-hybridized carbons (Fsp3) is 0.385. The van der Waals surface area contributed by atoms with E-state index in [0.29, 0.717) is 27.7 Å². The normalized spacial score (nSPS) is 11.3. The molecule has 0 atom stereocenters. The minimum atomic E-state index is 0.317. The van der Waals surface area contributed by atoms with E-state index in [1.54, 1.807) is 6.07 Å². The average Bonchev–Trinajstić information content (AvgIpc) is 2.75. The highest BCUT2D eigenvalue weighted by Crippen LogP contribution is 2.33. The first-order chi connectivity index (χ1) is 9.04. The summed E-state index contributed by atoms with van der Waals surface area (Å²) in [6, 6.07) is 5.48.